The maximum Gasteiger partial charge on any atom is 0.410 e. The van der Waals surface area contributed by atoms with Crippen LogP contribution in [0.2, 0.25) is 0 Å². The van der Waals surface area contributed by atoms with Crippen molar-refractivity contribution in [1.82, 2.24) is 20.4 Å². The summed E-state index contributed by atoms with van der Waals surface area (Å²) < 4.78 is 5.24. The van der Waals surface area contributed by atoms with Gasteiger partial charge in [0.05, 0.1) is 0 Å². The molecule has 0 aromatic heterocycles. The van der Waals surface area contributed by atoms with Crippen LogP contribution in [0.3, 0.4) is 0 Å². The number of rotatable bonds is 2. The van der Waals surface area contributed by atoms with Gasteiger partial charge in [-0.1, -0.05) is 30.3 Å². The van der Waals surface area contributed by atoms with Gasteiger partial charge in [0.1, 0.15) is 5.60 Å². The number of ether oxygens (including phenoxy) is 1. The van der Waals surface area contributed by atoms with Crippen molar-refractivity contribution in [3.05, 3.63) is 35.9 Å². The summed E-state index contributed by atoms with van der Waals surface area (Å²) in [4.78, 5) is 15.7. The minimum absolute atomic E-state index is 0.200. The highest BCUT2D eigenvalue weighted by Gasteiger charge is 2.22. The van der Waals surface area contributed by atoms with Gasteiger partial charge in [0.2, 0.25) is 0 Å². The summed E-state index contributed by atoms with van der Waals surface area (Å²) in [5.74, 6) is 0. The lowest BCUT2D eigenvalue weighted by molar-refractivity contribution is 0.0229. The Morgan fingerprint density at radius 2 is 1.50 bits per heavy atom. The van der Waals surface area contributed by atoms with E-state index in [2.05, 4.69) is 45.9 Å². The fourth-order valence-electron chi connectivity index (χ4n) is 2.88. The molecule has 0 atom stereocenters. The minimum atomic E-state index is -0.387. The third-order valence-electron chi connectivity index (χ3n) is 4.23. The van der Waals surface area contributed by atoms with E-state index >= 15 is 0 Å². The molecule has 6 nitrogen and oxygen atoms in total. The van der Waals surface area contributed by atoms with E-state index in [9.17, 15) is 4.79 Å². The highest BCUT2D eigenvalue weighted by atomic mass is 16.6. The Hall–Kier alpha value is -1.63. The Bertz CT molecular complexity index is 518. The first-order valence-corrected chi connectivity index (χ1v) is 9.60. The van der Waals surface area contributed by atoms with Crippen LogP contribution < -0.4 is 10.6 Å². The molecular weight excluding hydrogens is 328 g/mol. The molecule has 2 saturated heterocycles. The average Bonchev–Trinajstić information content (AvgIpc) is 2.63. The first-order valence-electron chi connectivity index (χ1n) is 9.60. The van der Waals surface area contributed by atoms with Crippen LogP contribution in [-0.2, 0) is 11.3 Å². The molecule has 6 heteroatoms. The predicted octanol–water partition coefficient (Wildman–Crippen LogP) is 1.92. The molecule has 2 aliphatic heterocycles. The van der Waals surface area contributed by atoms with Crippen molar-refractivity contribution < 1.29 is 9.53 Å². The van der Waals surface area contributed by atoms with Gasteiger partial charge in [0.15, 0.2) is 0 Å². The molecule has 0 saturated carbocycles. The number of carbonyl (C=O) groups is 1. The van der Waals surface area contributed by atoms with Crippen LogP contribution in [0.1, 0.15) is 26.3 Å². The monoisotopic (exact) mass is 362 g/mol. The van der Waals surface area contributed by atoms with Gasteiger partial charge in [0, 0.05) is 58.9 Å². The van der Waals surface area contributed by atoms with Crippen LogP contribution in [0.5, 0.6) is 0 Å². The number of nitrogens with zero attached hydrogens (tertiary/aromatic N) is 2. The van der Waals surface area contributed by atoms with Crippen molar-refractivity contribution in [2.24, 2.45) is 0 Å². The second-order valence-electron chi connectivity index (χ2n) is 7.73. The van der Waals surface area contributed by atoms with Crippen LogP contribution in [0, 0.1) is 0 Å². The van der Waals surface area contributed by atoms with Crippen LogP contribution in [0.25, 0.3) is 0 Å². The Morgan fingerprint density at radius 3 is 2.04 bits per heavy atom. The Labute approximate surface area is 157 Å². The summed E-state index contributed by atoms with van der Waals surface area (Å²) in [6, 6.07) is 10.7. The van der Waals surface area contributed by atoms with E-state index in [4.69, 9.17) is 4.74 Å². The average molecular weight is 363 g/mol. The molecule has 2 aliphatic rings. The summed E-state index contributed by atoms with van der Waals surface area (Å²) in [5, 5.41) is 6.54. The van der Waals surface area contributed by atoms with Crippen LogP contribution >= 0.6 is 0 Å². The van der Waals surface area contributed by atoms with Crippen LogP contribution in [-0.4, -0.2) is 73.9 Å². The van der Waals surface area contributed by atoms with Crippen molar-refractivity contribution in [1.29, 1.82) is 0 Å². The molecule has 146 valence electrons. The standard InChI is InChI=1S/C11H16N2.C9H18N2O2/c1-2-4-11(5-3-1)10-13-8-6-12-7-9-13;1-9(2,3)13-8(12)11-6-4-10-5-7-11/h1-5,12H,6-10H2;10H,4-7H2,1-3H3. The normalized spacial score (nSPS) is 18.7. The summed E-state index contributed by atoms with van der Waals surface area (Å²) >= 11 is 0. The summed E-state index contributed by atoms with van der Waals surface area (Å²) in [7, 11) is 0. The highest BCUT2D eigenvalue weighted by molar-refractivity contribution is 5.68. The van der Waals surface area contributed by atoms with Crippen LogP contribution in [0.4, 0.5) is 4.79 Å². The lowest BCUT2D eigenvalue weighted by Crippen LogP contribution is -2.48. The maximum atomic E-state index is 11.5. The molecule has 26 heavy (non-hydrogen) atoms. The number of hydrogen-bond donors (Lipinski definition) is 2. The van der Waals surface area contributed by atoms with E-state index in [0.717, 1.165) is 45.8 Å². The molecule has 1 aromatic rings. The zero-order chi connectivity index (χ0) is 18.8. The van der Waals surface area contributed by atoms with Gasteiger partial charge in [-0.3, -0.25) is 4.90 Å². The quantitative estimate of drug-likeness (QED) is 0.842. The van der Waals surface area contributed by atoms with Crippen molar-refractivity contribution in [2.45, 2.75) is 32.9 Å². The first-order chi connectivity index (χ1) is 12.4. The number of benzene rings is 1. The minimum Gasteiger partial charge on any atom is -0.444 e. The fraction of sp³-hybridized carbons (Fsp3) is 0.650. The summed E-state index contributed by atoms with van der Waals surface area (Å²) in [6.45, 7) is 14.6. The topological polar surface area (TPSA) is 56.8 Å². The van der Waals surface area contributed by atoms with Crippen molar-refractivity contribution >= 4 is 6.09 Å². The molecule has 0 radical (unpaired) electrons. The molecular formula is C20H34N4O2. The molecule has 3 rings (SSSR count). The zero-order valence-corrected chi connectivity index (χ0v) is 16.5. The molecule has 2 fully saturated rings. The molecule has 0 unspecified atom stereocenters. The molecule has 0 spiro atoms. The van der Waals surface area contributed by atoms with Gasteiger partial charge < -0.3 is 20.3 Å². The van der Waals surface area contributed by atoms with Gasteiger partial charge in [-0.05, 0) is 26.3 Å². The SMILES string of the molecule is CC(C)(C)OC(=O)N1CCNCC1.c1ccc(CN2CCNCC2)cc1. The third kappa shape index (κ3) is 8.17. The molecule has 0 aliphatic carbocycles. The summed E-state index contributed by atoms with van der Waals surface area (Å²) in [5.41, 5.74) is 1.03. The van der Waals surface area contributed by atoms with Gasteiger partial charge in [-0.2, -0.15) is 0 Å². The molecule has 2 N–H and O–H groups in total. The zero-order valence-electron chi connectivity index (χ0n) is 16.5. The smallest absolute Gasteiger partial charge is 0.410 e. The van der Waals surface area contributed by atoms with Gasteiger partial charge in [-0.15, -0.1) is 0 Å². The molecule has 2 heterocycles. The number of nitrogens with one attached hydrogen (secondary N) is 2. The molecule has 1 amide bonds. The Kier molecular flexibility index (Phi) is 8.35. The fourth-order valence-corrected chi connectivity index (χ4v) is 2.88. The lowest BCUT2D eigenvalue weighted by atomic mass is 10.2. The van der Waals surface area contributed by atoms with Crippen molar-refractivity contribution in [3.8, 4) is 0 Å². The van der Waals surface area contributed by atoms with Gasteiger partial charge in [0.25, 0.3) is 0 Å². The van der Waals surface area contributed by atoms with E-state index in [0.29, 0.717) is 0 Å². The van der Waals surface area contributed by atoms with Crippen molar-refractivity contribution in [2.75, 3.05) is 52.4 Å². The molecule has 0 bridgehead atoms. The van der Waals surface area contributed by atoms with E-state index in [1.807, 2.05) is 20.8 Å². The van der Waals surface area contributed by atoms with E-state index < -0.39 is 0 Å². The van der Waals surface area contributed by atoms with Crippen LogP contribution in [0.15, 0.2) is 30.3 Å². The van der Waals surface area contributed by atoms with Gasteiger partial charge >= 0.3 is 6.09 Å². The molecule has 1 aromatic carbocycles. The van der Waals surface area contributed by atoms with E-state index in [1.54, 1.807) is 4.90 Å². The Balaban J connectivity index is 0.000000187. The maximum absolute atomic E-state index is 11.5. The van der Waals surface area contributed by atoms with Crippen molar-refractivity contribution in [3.63, 3.8) is 0 Å². The predicted molar refractivity (Wildman–Crippen MR) is 105 cm³/mol. The summed E-state index contributed by atoms with van der Waals surface area (Å²) in [6.07, 6.45) is -0.200. The van der Waals surface area contributed by atoms with E-state index in [-0.39, 0.29) is 11.7 Å². The third-order valence-corrected chi connectivity index (χ3v) is 4.23. The second kappa shape index (κ2) is 10.5. The first kappa shape index (κ1) is 20.7. The Morgan fingerprint density at radius 1 is 0.962 bits per heavy atom. The lowest BCUT2D eigenvalue weighted by Gasteiger charge is -2.30. The largest absolute Gasteiger partial charge is 0.444 e. The number of hydrogen-bond acceptors (Lipinski definition) is 5. The highest BCUT2D eigenvalue weighted by Crippen LogP contribution is 2.10. The second-order valence-corrected chi connectivity index (χ2v) is 7.73. The number of piperazine rings is 2. The van der Waals surface area contributed by atoms with E-state index in [1.165, 1.54) is 18.7 Å². The number of amides is 1. The van der Waals surface area contributed by atoms with Gasteiger partial charge in [-0.25, -0.2) is 4.79 Å². The number of carbonyl (C=O) groups excluding carboxylic acids is 1.